The molecule has 52 heavy (non-hydrogen) atoms. The quantitative estimate of drug-likeness (QED) is 0.0312. The van der Waals surface area contributed by atoms with E-state index >= 15 is 0 Å². The van der Waals surface area contributed by atoms with E-state index in [0.29, 0.717) is 96.2 Å². The van der Waals surface area contributed by atoms with E-state index in [9.17, 15) is 14.7 Å². The number of anilines is 2. The molecular formula is C38H41Cl2N7O5. The van der Waals surface area contributed by atoms with E-state index in [1.165, 1.54) is 0 Å². The Balaban J connectivity index is 1.21. The van der Waals surface area contributed by atoms with Crippen molar-refractivity contribution in [3.8, 4) is 5.75 Å². The molecule has 6 N–H and O–H groups in total. The number of halogens is 2. The number of hydrogen-bond acceptors (Lipinski definition) is 7. The molecule has 0 radical (unpaired) electrons. The molecule has 0 aliphatic heterocycles. The van der Waals surface area contributed by atoms with Crippen molar-refractivity contribution in [3.05, 3.63) is 136 Å². The number of aromatic hydroxyl groups is 1. The van der Waals surface area contributed by atoms with Gasteiger partial charge in [0.15, 0.2) is 0 Å². The molecule has 14 heteroatoms. The lowest BCUT2D eigenvalue weighted by Gasteiger charge is -2.16. The molecule has 0 saturated heterocycles. The lowest BCUT2D eigenvalue weighted by Crippen LogP contribution is -2.33. The average Bonchev–Trinajstić information content (AvgIpc) is 3.14. The lowest BCUT2D eigenvalue weighted by molar-refractivity contribution is 0.0512. The van der Waals surface area contributed by atoms with Crippen molar-refractivity contribution in [1.29, 1.82) is 0 Å². The summed E-state index contributed by atoms with van der Waals surface area (Å²) in [5, 5.41) is 25.7. The van der Waals surface area contributed by atoms with Crippen molar-refractivity contribution in [2.45, 2.75) is 13.5 Å². The molecule has 272 valence electrons. The molecule has 0 aliphatic carbocycles. The summed E-state index contributed by atoms with van der Waals surface area (Å²) in [5.74, 6) is 0.964. The number of ether oxygens (including phenoxy) is 2. The minimum atomic E-state index is -0.239. The van der Waals surface area contributed by atoms with Crippen LogP contribution in [-0.2, 0) is 16.0 Å². The van der Waals surface area contributed by atoms with Crippen LogP contribution in [0.5, 0.6) is 5.75 Å². The number of aliphatic imine (C=N–C) groups is 2. The van der Waals surface area contributed by atoms with Gasteiger partial charge < -0.3 is 41.2 Å². The third kappa shape index (κ3) is 14.1. The molecule has 0 spiro atoms. The number of phenols is 1. The van der Waals surface area contributed by atoms with Crippen LogP contribution >= 0.6 is 23.2 Å². The molecule has 0 bridgehead atoms. The van der Waals surface area contributed by atoms with Crippen LogP contribution in [0.3, 0.4) is 0 Å². The van der Waals surface area contributed by atoms with E-state index in [1.54, 1.807) is 85.8 Å². The van der Waals surface area contributed by atoms with Crippen LogP contribution in [0.4, 0.5) is 11.4 Å². The van der Waals surface area contributed by atoms with Crippen molar-refractivity contribution in [3.63, 3.8) is 0 Å². The second-order valence-corrected chi connectivity index (χ2v) is 12.0. The average molecular weight is 747 g/mol. The van der Waals surface area contributed by atoms with Gasteiger partial charge in [-0.25, -0.2) is 4.99 Å². The Bertz CT molecular complexity index is 1840. The van der Waals surface area contributed by atoms with Gasteiger partial charge in [0.05, 0.1) is 43.0 Å². The van der Waals surface area contributed by atoms with Gasteiger partial charge in [-0.15, -0.1) is 0 Å². The molecule has 12 nitrogen and oxygen atoms in total. The Morgan fingerprint density at radius 1 is 0.750 bits per heavy atom. The fourth-order valence-electron chi connectivity index (χ4n) is 4.48. The number of benzene rings is 4. The second kappa shape index (κ2) is 21.1. The normalized spacial score (nSPS) is 11.4. The van der Waals surface area contributed by atoms with Crippen LogP contribution < -0.4 is 26.6 Å². The monoisotopic (exact) mass is 745 g/mol. The first kappa shape index (κ1) is 39.4. The van der Waals surface area contributed by atoms with Crippen LogP contribution in [0.1, 0.15) is 33.2 Å². The molecule has 4 aromatic carbocycles. The van der Waals surface area contributed by atoms with Crippen molar-refractivity contribution < 1.29 is 24.2 Å². The fraction of sp³-hybridized carbons (Fsp3) is 0.211. The van der Waals surface area contributed by atoms with Gasteiger partial charge in [0.1, 0.15) is 17.4 Å². The van der Waals surface area contributed by atoms with E-state index < -0.39 is 0 Å². The summed E-state index contributed by atoms with van der Waals surface area (Å²) in [4.78, 5) is 33.8. The largest absolute Gasteiger partial charge is 0.508 e. The summed E-state index contributed by atoms with van der Waals surface area (Å²) in [6.07, 6.45) is 0. The third-order valence-corrected chi connectivity index (χ3v) is 7.81. The lowest BCUT2D eigenvalue weighted by atomic mass is 10.1. The van der Waals surface area contributed by atoms with Crippen LogP contribution in [0.2, 0.25) is 10.0 Å². The molecule has 2 amide bonds. The number of amides is 2. The molecule has 0 atom stereocenters. The molecule has 0 aliphatic rings. The molecule has 0 fully saturated rings. The molecule has 0 unspecified atom stereocenters. The van der Waals surface area contributed by atoms with Crippen LogP contribution in [0.25, 0.3) is 0 Å². The Kier molecular flexibility index (Phi) is 16.0. The number of guanidine groups is 1. The summed E-state index contributed by atoms with van der Waals surface area (Å²) >= 11 is 12.0. The minimum Gasteiger partial charge on any atom is -0.508 e. The second-order valence-electron chi connectivity index (χ2n) is 11.1. The van der Waals surface area contributed by atoms with Gasteiger partial charge in [-0.1, -0.05) is 54.0 Å². The Labute approximate surface area is 313 Å². The zero-order chi connectivity index (χ0) is 37.1. The van der Waals surface area contributed by atoms with Crippen molar-refractivity contribution in [2.75, 3.05) is 50.2 Å². The number of phenolic OH excluding ortho intramolecular Hbond substituents is 1. The van der Waals surface area contributed by atoms with Crippen molar-refractivity contribution >= 4 is 58.2 Å². The highest BCUT2D eigenvalue weighted by Gasteiger charge is 2.09. The SMILES string of the molecule is C=C(NC(=NC(C)=NCCOCCOCCNC(=O)c1ccccc1)Nc1ccc(O)cc1)Nc1ccc(C(=O)NCc2ccc(Cl)c(Cl)c2)cc1. The standard InChI is InChI=1S/C38H41Cl2N7O5/c1-26(41-18-20-51-22-23-52-21-19-42-36(49)29-6-4-3-5-7-29)45-38(47-32-13-15-33(48)16-14-32)46-27(2)44-31-11-9-30(10-12-31)37(50)43-25-28-8-17-34(39)35(40)24-28/h3-17,24,44,48H,2,18-23,25H2,1H3,(H,42,49)(H,43,50)(H2,41,45,46,47). The number of nitrogens with one attached hydrogen (secondary N) is 5. The Morgan fingerprint density at radius 2 is 1.38 bits per heavy atom. The maximum absolute atomic E-state index is 12.7. The van der Waals surface area contributed by atoms with E-state index in [2.05, 4.69) is 43.1 Å². The Morgan fingerprint density at radius 3 is 2.10 bits per heavy atom. The zero-order valence-electron chi connectivity index (χ0n) is 28.6. The van der Waals surface area contributed by atoms with E-state index in [0.717, 1.165) is 5.56 Å². The number of carbonyl (C=O) groups excluding carboxylic acids is 2. The van der Waals surface area contributed by atoms with E-state index in [-0.39, 0.29) is 17.6 Å². The van der Waals surface area contributed by atoms with Crippen LogP contribution in [-0.4, -0.2) is 68.2 Å². The highest BCUT2D eigenvalue weighted by Crippen LogP contribution is 2.22. The predicted molar refractivity (Wildman–Crippen MR) is 208 cm³/mol. The van der Waals surface area contributed by atoms with Crippen LogP contribution in [0.15, 0.2) is 119 Å². The number of nitrogens with zero attached hydrogens (tertiary/aromatic N) is 2. The van der Waals surface area contributed by atoms with E-state index in [1.807, 2.05) is 18.2 Å². The first-order valence-corrected chi connectivity index (χ1v) is 17.1. The third-order valence-electron chi connectivity index (χ3n) is 7.07. The van der Waals surface area contributed by atoms with Gasteiger partial charge in [0, 0.05) is 35.6 Å². The van der Waals surface area contributed by atoms with Crippen molar-refractivity contribution in [2.24, 2.45) is 9.98 Å². The molecule has 0 aromatic heterocycles. The summed E-state index contributed by atoms with van der Waals surface area (Å²) in [5.41, 5.74) is 3.27. The van der Waals surface area contributed by atoms with Crippen molar-refractivity contribution in [1.82, 2.24) is 16.0 Å². The Hall–Kier alpha value is -5.40. The summed E-state index contributed by atoms with van der Waals surface area (Å²) < 4.78 is 11.1. The number of rotatable bonds is 17. The van der Waals surface area contributed by atoms with Gasteiger partial charge in [-0.05, 0) is 85.3 Å². The van der Waals surface area contributed by atoms with Gasteiger partial charge >= 0.3 is 0 Å². The van der Waals surface area contributed by atoms with Gasteiger partial charge in [-0.2, -0.15) is 0 Å². The molecular weight excluding hydrogens is 705 g/mol. The van der Waals surface area contributed by atoms with Crippen LogP contribution in [0, 0.1) is 0 Å². The molecule has 0 heterocycles. The molecule has 4 rings (SSSR count). The number of carbonyl (C=O) groups is 2. The van der Waals surface area contributed by atoms with Gasteiger partial charge in [0.25, 0.3) is 11.8 Å². The highest BCUT2D eigenvalue weighted by atomic mass is 35.5. The fourth-order valence-corrected chi connectivity index (χ4v) is 4.80. The van der Waals surface area contributed by atoms with Gasteiger partial charge in [0.2, 0.25) is 5.96 Å². The first-order valence-electron chi connectivity index (χ1n) is 16.4. The first-order chi connectivity index (χ1) is 25.2. The summed E-state index contributed by atoms with van der Waals surface area (Å²) in [6.45, 7) is 8.41. The maximum atomic E-state index is 12.7. The van der Waals surface area contributed by atoms with Gasteiger partial charge in [-0.3, -0.25) is 14.6 Å². The summed E-state index contributed by atoms with van der Waals surface area (Å²) in [6, 6.07) is 27.6. The number of hydrogen-bond donors (Lipinski definition) is 6. The number of amidine groups is 1. The maximum Gasteiger partial charge on any atom is 0.251 e. The minimum absolute atomic E-state index is 0.132. The van der Waals surface area contributed by atoms with E-state index in [4.69, 9.17) is 32.7 Å². The highest BCUT2D eigenvalue weighted by molar-refractivity contribution is 6.42. The zero-order valence-corrected chi connectivity index (χ0v) is 30.1. The molecule has 4 aromatic rings. The smallest absolute Gasteiger partial charge is 0.251 e. The summed E-state index contributed by atoms with van der Waals surface area (Å²) in [7, 11) is 0. The molecule has 0 saturated carbocycles. The topological polar surface area (TPSA) is 158 Å². The predicted octanol–water partition coefficient (Wildman–Crippen LogP) is 6.45.